The van der Waals surface area contributed by atoms with Crippen molar-refractivity contribution in [1.29, 1.82) is 0 Å². The Hall–Kier alpha value is -4.06. The van der Waals surface area contributed by atoms with Gasteiger partial charge in [-0.3, -0.25) is 35.1 Å². The van der Waals surface area contributed by atoms with E-state index in [-0.39, 0.29) is 5.41 Å². The van der Waals surface area contributed by atoms with Crippen LogP contribution in [0, 0.1) is 30.3 Å². The van der Waals surface area contributed by atoms with Crippen LogP contribution in [0.3, 0.4) is 0 Å². The third-order valence-electron chi connectivity index (χ3n) is 4.88. The van der Waals surface area contributed by atoms with Gasteiger partial charge in [-0.25, -0.2) is 0 Å². The van der Waals surface area contributed by atoms with Gasteiger partial charge in [-0.1, -0.05) is 25.4 Å². The van der Waals surface area contributed by atoms with Crippen molar-refractivity contribution in [3.8, 4) is 5.75 Å². The van der Waals surface area contributed by atoms with Crippen molar-refractivity contribution in [3.05, 3.63) is 83.0 Å². The van der Waals surface area contributed by atoms with Crippen molar-refractivity contribution < 1.29 is 24.7 Å². The van der Waals surface area contributed by atoms with E-state index in [0.29, 0.717) is 12.1 Å². The maximum Gasteiger partial charge on any atom is 0.324 e. The quantitative estimate of drug-likeness (QED) is 0.300. The summed E-state index contributed by atoms with van der Waals surface area (Å²) in [6, 6.07) is 6.73. The molecule has 1 aliphatic heterocycles. The summed E-state index contributed by atoms with van der Waals surface area (Å²) >= 11 is 6.02. The van der Waals surface area contributed by atoms with Gasteiger partial charge >= 0.3 is 11.4 Å². The number of likely N-dealkylation sites (N-methyl/N-ethyl adjacent to an activating group) is 1. The molecule has 2 aromatic rings. The molecule has 1 N–H and O–H groups in total. The average Bonchev–Trinajstić information content (AvgIpc) is 2.88. The second-order valence-corrected chi connectivity index (χ2v) is 7.57. The lowest BCUT2D eigenvalue weighted by molar-refractivity contribution is -0.404. The molecule has 1 heterocycles. The maximum atomic E-state index is 10.7. The molecule has 0 amide bonds. The number of allylic oxidation sites excluding steroid dienone is 2. The van der Waals surface area contributed by atoms with Crippen LogP contribution in [0.15, 0.2) is 42.1 Å². The predicted molar refractivity (Wildman–Crippen MR) is 115 cm³/mol. The number of aromatic hydroxyl groups is 1. The van der Waals surface area contributed by atoms with E-state index in [2.05, 4.69) is 13.8 Å². The zero-order valence-electron chi connectivity index (χ0n) is 17.0. The third kappa shape index (κ3) is 4.49. The van der Waals surface area contributed by atoms with E-state index in [9.17, 15) is 35.1 Å². The fourth-order valence-electron chi connectivity index (χ4n) is 3.35. The number of nitro groups is 3. The number of fused-ring (bicyclic) bond motifs is 1. The van der Waals surface area contributed by atoms with Gasteiger partial charge in [0.2, 0.25) is 0 Å². The van der Waals surface area contributed by atoms with Crippen molar-refractivity contribution in [2.24, 2.45) is 0 Å². The van der Waals surface area contributed by atoms with E-state index >= 15 is 0 Å². The molecular formula is C19H17ClN4O8. The van der Waals surface area contributed by atoms with Crippen molar-refractivity contribution >= 4 is 40.6 Å². The standard InChI is InChI=1S/C13H14ClNO.C6H3N3O7/c1-13(2)10-8-9(14)4-5-11(10)15(3)12(13)6-7-16;10-6-4(8(13)14)1-3(7(11)12)2-5(6)9(15)16/h4-8H,1-3H3;1-2,10H/b12-6+;. The molecule has 0 bridgehead atoms. The number of aldehydes is 1. The number of phenolic OH excluding ortho intramolecular Hbond substituents is 1. The van der Waals surface area contributed by atoms with Gasteiger partial charge in [-0.2, -0.15) is 0 Å². The van der Waals surface area contributed by atoms with Crippen LogP contribution in [0.5, 0.6) is 5.75 Å². The highest BCUT2D eigenvalue weighted by Gasteiger charge is 2.38. The molecule has 0 fully saturated rings. The minimum Gasteiger partial charge on any atom is -0.497 e. The van der Waals surface area contributed by atoms with Gasteiger partial charge in [0.15, 0.2) is 0 Å². The Kier molecular flexibility index (Phi) is 6.79. The summed E-state index contributed by atoms with van der Waals surface area (Å²) < 4.78 is 0. The van der Waals surface area contributed by atoms with Crippen LogP contribution in [-0.2, 0) is 10.2 Å². The van der Waals surface area contributed by atoms with Crippen molar-refractivity contribution in [1.82, 2.24) is 0 Å². The number of non-ortho nitro benzene ring substituents is 1. The van der Waals surface area contributed by atoms with Gasteiger partial charge in [0.25, 0.3) is 11.4 Å². The lowest BCUT2D eigenvalue weighted by Gasteiger charge is -2.23. The first kappa shape index (κ1) is 24.2. The van der Waals surface area contributed by atoms with E-state index in [0.717, 1.165) is 28.3 Å². The second-order valence-electron chi connectivity index (χ2n) is 7.14. The molecule has 0 saturated carbocycles. The fourth-order valence-corrected chi connectivity index (χ4v) is 3.52. The van der Waals surface area contributed by atoms with Gasteiger partial charge < -0.3 is 10.0 Å². The number of carbonyl (C=O) groups is 1. The number of rotatable bonds is 4. The number of hydrogen-bond donors (Lipinski definition) is 1. The number of phenols is 1. The molecule has 12 nitrogen and oxygen atoms in total. The highest BCUT2D eigenvalue weighted by Crippen LogP contribution is 2.47. The normalized spacial score (nSPS) is 14.9. The first-order valence-electron chi connectivity index (χ1n) is 8.82. The number of nitrogens with zero attached hydrogens (tertiary/aromatic N) is 4. The summed E-state index contributed by atoms with van der Waals surface area (Å²) in [5.74, 6) is -1.21. The first-order chi connectivity index (χ1) is 14.8. The van der Waals surface area contributed by atoms with E-state index in [1.807, 2.05) is 30.1 Å². The Balaban J connectivity index is 0.000000227. The smallest absolute Gasteiger partial charge is 0.324 e. The monoisotopic (exact) mass is 464 g/mol. The molecule has 0 aliphatic carbocycles. The minimum atomic E-state index is -1.21. The van der Waals surface area contributed by atoms with E-state index < -0.39 is 37.6 Å². The molecular weight excluding hydrogens is 448 g/mol. The Labute approximate surface area is 185 Å². The van der Waals surface area contributed by atoms with Gasteiger partial charge in [0, 0.05) is 28.9 Å². The highest BCUT2D eigenvalue weighted by molar-refractivity contribution is 6.30. The van der Waals surface area contributed by atoms with Crippen molar-refractivity contribution in [3.63, 3.8) is 0 Å². The fraction of sp³-hybridized carbons (Fsp3) is 0.211. The number of halogens is 1. The van der Waals surface area contributed by atoms with Crippen LogP contribution >= 0.6 is 11.6 Å². The number of benzene rings is 2. The summed E-state index contributed by atoms with van der Waals surface area (Å²) in [4.78, 5) is 40.5. The zero-order valence-corrected chi connectivity index (χ0v) is 17.8. The SMILES string of the molecule is CN1/C(=C/C=O)C(C)(C)c2cc(Cl)ccc21.O=[N+]([O-])c1cc([N+](=O)[O-])c(O)c([N+](=O)[O-])c1. The topological polar surface area (TPSA) is 170 Å². The number of nitro benzene ring substituents is 3. The Morgan fingerprint density at radius 2 is 1.53 bits per heavy atom. The molecule has 0 aromatic heterocycles. The van der Waals surface area contributed by atoms with Crippen LogP contribution in [0.4, 0.5) is 22.7 Å². The summed E-state index contributed by atoms with van der Waals surface area (Å²) in [6.45, 7) is 4.20. The van der Waals surface area contributed by atoms with Crippen LogP contribution in [-0.4, -0.2) is 33.2 Å². The van der Waals surface area contributed by atoms with Crippen LogP contribution in [0.2, 0.25) is 5.02 Å². The maximum absolute atomic E-state index is 10.7. The Morgan fingerprint density at radius 1 is 1.00 bits per heavy atom. The van der Waals surface area contributed by atoms with Gasteiger partial charge in [0.1, 0.15) is 6.29 Å². The largest absolute Gasteiger partial charge is 0.497 e. The Bertz CT molecular complexity index is 1130. The molecule has 0 radical (unpaired) electrons. The molecule has 0 saturated heterocycles. The first-order valence-corrected chi connectivity index (χ1v) is 9.20. The van der Waals surface area contributed by atoms with Crippen molar-refractivity contribution in [2.45, 2.75) is 19.3 Å². The number of hydrogen-bond acceptors (Lipinski definition) is 9. The molecule has 3 rings (SSSR count). The zero-order chi connectivity index (χ0) is 24.4. The second kappa shape index (κ2) is 8.98. The highest BCUT2D eigenvalue weighted by atomic mass is 35.5. The van der Waals surface area contributed by atoms with E-state index in [1.165, 1.54) is 0 Å². The summed E-state index contributed by atoms with van der Waals surface area (Å²) in [6.07, 6.45) is 2.45. The van der Waals surface area contributed by atoms with E-state index in [1.54, 1.807) is 6.08 Å². The minimum absolute atomic E-state index is 0.171. The lowest BCUT2D eigenvalue weighted by Crippen LogP contribution is -2.22. The number of carbonyl (C=O) groups excluding carboxylic acids is 1. The summed E-state index contributed by atoms with van der Waals surface area (Å²) in [5.41, 5.74) is 0.103. The molecule has 0 spiro atoms. The lowest BCUT2D eigenvalue weighted by atomic mass is 9.84. The third-order valence-corrected chi connectivity index (χ3v) is 5.11. The molecule has 1 aliphatic rings. The molecule has 0 atom stereocenters. The Morgan fingerprint density at radius 3 is 1.97 bits per heavy atom. The number of anilines is 1. The molecule has 0 unspecified atom stereocenters. The van der Waals surface area contributed by atoms with Crippen LogP contribution in [0.25, 0.3) is 0 Å². The predicted octanol–water partition coefficient (Wildman–Crippen LogP) is 4.27. The van der Waals surface area contributed by atoms with Crippen LogP contribution < -0.4 is 4.90 Å². The van der Waals surface area contributed by atoms with E-state index in [4.69, 9.17) is 16.7 Å². The molecule has 32 heavy (non-hydrogen) atoms. The molecule has 13 heteroatoms. The van der Waals surface area contributed by atoms with Gasteiger partial charge in [-0.05, 0) is 29.8 Å². The summed E-state index contributed by atoms with van der Waals surface area (Å²) in [5, 5.41) is 40.9. The van der Waals surface area contributed by atoms with Crippen molar-refractivity contribution in [2.75, 3.05) is 11.9 Å². The molecule has 2 aromatic carbocycles. The summed E-state index contributed by atoms with van der Waals surface area (Å²) in [7, 11) is 1.97. The van der Waals surface area contributed by atoms with Gasteiger partial charge in [-0.15, -0.1) is 0 Å². The average molecular weight is 465 g/mol. The van der Waals surface area contributed by atoms with Crippen LogP contribution in [0.1, 0.15) is 19.4 Å². The molecule has 168 valence electrons. The van der Waals surface area contributed by atoms with Gasteiger partial charge in [0.05, 0.1) is 26.9 Å².